The first-order valence-corrected chi connectivity index (χ1v) is 6.77. The highest BCUT2D eigenvalue weighted by Gasteiger charge is 2.10. The molecule has 0 bridgehead atoms. The Balaban J connectivity index is 2.11. The molecule has 0 aliphatic rings. The Bertz CT molecular complexity index is 727. The molecule has 0 aliphatic carbocycles. The van der Waals surface area contributed by atoms with E-state index in [0.29, 0.717) is 16.6 Å². The minimum absolute atomic E-state index is 0.576. The molecule has 0 fully saturated rings. The van der Waals surface area contributed by atoms with Crippen LogP contribution in [0.5, 0.6) is 0 Å². The third-order valence-electron chi connectivity index (χ3n) is 3.21. The Labute approximate surface area is 121 Å². The van der Waals surface area contributed by atoms with Gasteiger partial charge in [-0.2, -0.15) is 5.10 Å². The fourth-order valence-electron chi connectivity index (χ4n) is 2.25. The van der Waals surface area contributed by atoms with Crippen LogP contribution in [0.25, 0.3) is 10.9 Å². The summed E-state index contributed by atoms with van der Waals surface area (Å²) in [4.78, 5) is 0. The van der Waals surface area contributed by atoms with Gasteiger partial charge in [-0.15, -0.1) is 0 Å². The van der Waals surface area contributed by atoms with Crippen molar-refractivity contribution >= 4 is 34.1 Å². The Morgan fingerprint density at radius 1 is 1.00 bits per heavy atom. The van der Waals surface area contributed by atoms with Crippen molar-refractivity contribution < 1.29 is 0 Å². The van der Waals surface area contributed by atoms with Crippen LogP contribution in [0.4, 0.5) is 0 Å². The zero-order chi connectivity index (χ0) is 13.4. The zero-order valence-electron chi connectivity index (χ0n) is 10.4. The van der Waals surface area contributed by atoms with Gasteiger partial charge >= 0.3 is 0 Å². The lowest BCUT2D eigenvalue weighted by molar-refractivity contribution is 0.703. The lowest BCUT2D eigenvalue weighted by Crippen LogP contribution is -2.03. The topological polar surface area (TPSA) is 17.8 Å². The van der Waals surface area contributed by atoms with E-state index >= 15 is 0 Å². The van der Waals surface area contributed by atoms with E-state index in [0.717, 1.165) is 22.2 Å². The molecule has 0 amide bonds. The van der Waals surface area contributed by atoms with Crippen LogP contribution in [-0.4, -0.2) is 9.78 Å². The zero-order valence-corrected chi connectivity index (χ0v) is 11.9. The average molecular weight is 291 g/mol. The number of nitrogens with zero attached hydrogens (tertiary/aromatic N) is 2. The largest absolute Gasteiger partial charge is 0.260 e. The molecule has 0 aliphatic heterocycles. The minimum Gasteiger partial charge on any atom is -0.260 e. The van der Waals surface area contributed by atoms with Crippen LogP contribution in [0, 0.1) is 6.92 Å². The standard InChI is InChI=1S/C15H12Cl2N2/c1-10-11-5-2-3-8-15(11)19(18-10)9-12-13(16)6-4-7-14(12)17/h2-8H,9H2,1H3. The third-order valence-corrected chi connectivity index (χ3v) is 3.92. The second kappa shape index (κ2) is 4.87. The summed E-state index contributed by atoms with van der Waals surface area (Å²) in [5.74, 6) is 0. The molecule has 2 aromatic carbocycles. The van der Waals surface area contributed by atoms with Crippen molar-refractivity contribution in [2.75, 3.05) is 0 Å². The first-order chi connectivity index (χ1) is 9.16. The summed E-state index contributed by atoms with van der Waals surface area (Å²) >= 11 is 12.4. The first kappa shape index (κ1) is 12.5. The van der Waals surface area contributed by atoms with E-state index in [1.165, 1.54) is 0 Å². The van der Waals surface area contributed by atoms with Gasteiger partial charge < -0.3 is 0 Å². The minimum atomic E-state index is 0.576. The molecule has 3 aromatic rings. The molecule has 96 valence electrons. The van der Waals surface area contributed by atoms with Crippen LogP contribution in [0.15, 0.2) is 42.5 Å². The first-order valence-electron chi connectivity index (χ1n) is 6.02. The summed E-state index contributed by atoms with van der Waals surface area (Å²) < 4.78 is 1.94. The van der Waals surface area contributed by atoms with Crippen molar-refractivity contribution in [1.29, 1.82) is 0 Å². The van der Waals surface area contributed by atoms with Gasteiger partial charge in [0.05, 0.1) is 17.8 Å². The van der Waals surface area contributed by atoms with Crippen LogP contribution in [0.1, 0.15) is 11.3 Å². The molecule has 0 radical (unpaired) electrons. The number of benzene rings is 2. The van der Waals surface area contributed by atoms with Crippen molar-refractivity contribution in [3.8, 4) is 0 Å². The van der Waals surface area contributed by atoms with Crippen LogP contribution in [0.2, 0.25) is 10.0 Å². The van der Waals surface area contributed by atoms with Gasteiger partial charge in [-0.3, -0.25) is 4.68 Å². The van der Waals surface area contributed by atoms with Crippen LogP contribution < -0.4 is 0 Å². The van der Waals surface area contributed by atoms with Crippen LogP contribution in [-0.2, 0) is 6.54 Å². The highest BCUT2D eigenvalue weighted by molar-refractivity contribution is 6.36. The van der Waals surface area contributed by atoms with E-state index in [1.54, 1.807) is 0 Å². The maximum absolute atomic E-state index is 6.21. The van der Waals surface area contributed by atoms with Crippen molar-refractivity contribution in [2.45, 2.75) is 13.5 Å². The molecule has 1 heterocycles. The lowest BCUT2D eigenvalue weighted by Gasteiger charge is -2.08. The number of fused-ring (bicyclic) bond motifs is 1. The smallest absolute Gasteiger partial charge is 0.0696 e. The number of aromatic nitrogens is 2. The van der Waals surface area contributed by atoms with E-state index in [4.69, 9.17) is 23.2 Å². The number of rotatable bonds is 2. The normalized spacial score (nSPS) is 11.1. The maximum atomic E-state index is 6.21. The van der Waals surface area contributed by atoms with E-state index in [2.05, 4.69) is 17.2 Å². The molecule has 0 saturated carbocycles. The highest BCUT2D eigenvalue weighted by atomic mass is 35.5. The predicted octanol–water partition coefficient (Wildman–Crippen LogP) is 4.70. The summed E-state index contributed by atoms with van der Waals surface area (Å²) in [6.07, 6.45) is 0. The fraction of sp³-hybridized carbons (Fsp3) is 0.133. The predicted molar refractivity (Wildman–Crippen MR) is 80.0 cm³/mol. The van der Waals surface area contributed by atoms with Gasteiger partial charge in [0.25, 0.3) is 0 Å². The molecule has 0 N–H and O–H groups in total. The third kappa shape index (κ3) is 2.22. The summed E-state index contributed by atoms with van der Waals surface area (Å²) in [5.41, 5.74) is 3.01. The molecule has 4 heteroatoms. The van der Waals surface area contributed by atoms with Crippen molar-refractivity contribution in [1.82, 2.24) is 9.78 Å². The maximum Gasteiger partial charge on any atom is 0.0696 e. The number of hydrogen-bond donors (Lipinski definition) is 0. The molecule has 0 spiro atoms. The summed E-state index contributed by atoms with van der Waals surface area (Å²) in [6.45, 7) is 2.58. The van der Waals surface area contributed by atoms with Gasteiger partial charge in [0.1, 0.15) is 0 Å². The number of halogens is 2. The molecule has 0 saturated heterocycles. The highest BCUT2D eigenvalue weighted by Crippen LogP contribution is 2.27. The molecule has 0 unspecified atom stereocenters. The quantitative estimate of drug-likeness (QED) is 0.669. The lowest BCUT2D eigenvalue weighted by atomic mass is 10.2. The van der Waals surface area contributed by atoms with Gasteiger partial charge in [-0.25, -0.2) is 0 Å². The summed E-state index contributed by atoms with van der Waals surface area (Å²) in [7, 11) is 0. The van der Waals surface area contributed by atoms with Gasteiger partial charge in [0, 0.05) is 21.0 Å². The molecular weight excluding hydrogens is 279 g/mol. The number of para-hydroxylation sites is 1. The average Bonchev–Trinajstić information content (AvgIpc) is 2.72. The van der Waals surface area contributed by atoms with E-state index in [1.807, 2.05) is 41.9 Å². The molecule has 19 heavy (non-hydrogen) atoms. The van der Waals surface area contributed by atoms with Crippen LogP contribution >= 0.6 is 23.2 Å². The van der Waals surface area contributed by atoms with Gasteiger partial charge in [-0.1, -0.05) is 47.5 Å². The Morgan fingerprint density at radius 2 is 1.68 bits per heavy atom. The molecule has 1 aromatic heterocycles. The monoisotopic (exact) mass is 290 g/mol. The van der Waals surface area contributed by atoms with E-state index in [-0.39, 0.29) is 0 Å². The SMILES string of the molecule is Cc1nn(Cc2c(Cl)cccc2Cl)c2ccccc12. The summed E-state index contributed by atoms with van der Waals surface area (Å²) in [6, 6.07) is 13.7. The molecular formula is C15H12Cl2N2. The number of aryl methyl sites for hydroxylation is 1. The Hall–Kier alpha value is -1.51. The van der Waals surface area contributed by atoms with Gasteiger partial charge in [0.15, 0.2) is 0 Å². The number of hydrogen-bond acceptors (Lipinski definition) is 1. The molecule has 3 rings (SSSR count). The van der Waals surface area contributed by atoms with Gasteiger partial charge in [-0.05, 0) is 25.1 Å². The second-order valence-corrected chi connectivity index (χ2v) is 5.27. The van der Waals surface area contributed by atoms with Crippen molar-refractivity contribution in [2.24, 2.45) is 0 Å². The second-order valence-electron chi connectivity index (χ2n) is 4.46. The van der Waals surface area contributed by atoms with Crippen molar-refractivity contribution in [3.05, 3.63) is 63.8 Å². The van der Waals surface area contributed by atoms with Crippen LogP contribution in [0.3, 0.4) is 0 Å². The van der Waals surface area contributed by atoms with Crippen molar-refractivity contribution in [3.63, 3.8) is 0 Å². The fourth-order valence-corrected chi connectivity index (χ4v) is 2.76. The van der Waals surface area contributed by atoms with E-state index < -0.39 is 0 Å². The molecule has 0 atom stereocenters. The molecule has 2 nitrogen and oxygen atoms in total. The van der Waals surface area contributed by atoms with E-state index in [9.17, 15) is 0 Å². The summed E-state index contributed by atoms with van der Waals surface area (Å²) in [5, 5.41) is 7.07. The Morgan fingerprint density at radius 3 is 2.42 bits per heavy atom. The Kier molecular flexibility index (Phi) is 3.21. The van der Waals surface area contributed by atoms with Gasteiger partial charge in [0.2, 0.25) is 0 Å².